The summed E-state index contributed by atoms with van der Waals surface area (Å²) in [6.45, 7) is 3.38. The van der Waals surface area contributed by atoms with Crippen LogP contribution in [0.4, 0.5) is 5.82 Å². The molecule has 21 heavy (non-hydrogen) atoms. The molecule has 4 nitrogen and oxygen atoms in total. The van der Waals surface area contributed by atoms with E-state index in [1.54, 1.807) is 35.5 Å². The van der Waals surface area contributed by atoms with Gasteiger partial charge in [-0.15, -0.1) is 11.3 Å². The Labute approximate surface area is 133 Å². The predicted molar refractivity (Wildman–Crippen MR) is 88.4 cm³/mol. The Balaban J connectivity index is 2.00. The van der Waals surface area contributed by atoms with Gasteiger partial charge in [0.15, 0.2) is 0 Å². The van der Waals surface area contributed by atoms with Gasteiger partial charge in [0.2, 0.25) is 0 Å². The van der Waals surface area contributed by atoms with E-state index in [0.29, 0.717) is 22.9 Å². The fourth-order valence-corrected chi connectivity index (χ4v) is 2.84. The number of carbonyl (C=O) groups is 1. The number of hydrogen-bond donors (Lipinski definition) is 1. The Bertz CT molecular complexity index is 601. The lowest BCUT2D eigenvalue weighted by Gasteiger charge is -2.17. The molecular formula is C15H18ClN3OS. The average Bonchev–Trinajstić information content (AvgIpc) is 2.99. The van der Waals surface area contributed by atoms with Gasteiger partial charge >= 0.3 is 0 Å². The molecule has 0 radical (unpaired) electrons. The molecule has 0 bridgehead atoms. The van der Waals surface area contributed by atoms with Gasteiger partial charge in [0.1, 0.15) is 5.82 Å². The van der Waals surface area contributed by atoms with Crippen molar-refractivity contribution in [3.05, 3.63) is 45.2 Å². The highest BCUT2D eigenvalue weighted by atomic mass is 35.5. The van der Waals surface area contributed by atoms with Crippen molar-refractivity contribution >= 4 is 34.7 Å². The van der Waals surface area contributed by atoms with E-state index in [9.17, 15) is 4.79 Å². The number of hydrogen-bond acceptors (Lipinski definition) is 4. The first-order valence-corrected chi connectivity index (χ1v) is 8.04. The largest absolute Gasteiger partial charge is 0.369 e. The summed E-state index contributed by atoms with van der Waals surface area (Å²) in [4.78, 5) is 19.5. The quantitative estimate of drug-likeness (QED) is 0.884. The number of nitrogens with zero attached hydrogens (tertiary/aromatic N) is 2. The van der Waals surface area contributed by atoms with Gasteiger partial charge in [-0.3, -0.25) is 4.79 Å². The molecule has 2 heterocycles. The van der Waals surface area contributed by atoms with Crippen molar-refractivity contribution in [2.24, 2.45) is 0 Å². The summed E-state index contributed by atoms with van der Waals surface area (Å²) in [5.41, 5.74) is 0.510. The lowest BCUT2D eigenvalue weighted by Crippen LogP contribution is -2.28. The van der Waals surface area contributed by atoms with Crippen molar-refractivity contribution in [2.75, 3.05) is 25.5 Å². The second-order valence-electron chi connectivity index (χ2n) is 4.64. The summed E-state index contributed by atoms with van der Waals surface area (Å²) in [6.07, 6.45) is 2.42. The molecule has 2 aromatic heterocycles. The molecule has 0 saturated heterocycles. The minimum absolute atomic E-state index is 0.0657. The van der Waals surface area contributed by atoms with Gasteiger partial charge in [0, 0.05) is 31.2 Å². The highest BCUT2D eigenvalue weighted by Gasteiger charge is 2.14. The van der Waals surface area contributed by atoms with Crippen LogP contribution in [0.5, 0.6) is 0 Å². The molecule has 0 aliphatic heterocycles. The van der Waals surface area contributed by atoms with Crippen LogP contribution in [0.25, 0.3) is 0 Å². The van der Waals surface area contributed by atoms with E-state index in [1.165, 1.54) is 4.88 Å². The average molecular weight is 324 g/mol. The molecule has 2 aromatic rings. The molecule has 1 N–H and O–H groups in total. The van der Waals surface area contributed by atoms with Crippen molar-refractivity contribution in [2.45, 2.75) is 13.3 Å². The molecule has 112 valence electrons. The van der Waals surface area contributed by atoms with Crippen LogP contribution in [0, 0.1) is 0 Å². The highest BCUT2D eigenvalue weighted by Crippen LogP contribution is 2.20. The SMILES string of the molecule is CCNc1ncc(C(=O)N(C)CCc2cccs2)cc1Cl. The summed E-state index contributed by atoms with van der Waals surface area (Å²) >= 11 is 7.82. The van der Waals surface area contributed by atoms with E-state index >= 15 is 0 Å². The van der Waals surface area contributed by atoms with Gasteiger partial charge in [0.05, 0.1) is 10.6 Å². The first-order valence-electron chi connectivity index (χ1n) is 6.79. The summed E-state index contributed by atoms with van der Waals surface area (Å²) in [5.74, 6) is 0.543. The lowest BCUT2D eigenvalue weighted by atomic mass is 10.2. The van der Waals surface area contributed by atoms with E-state index in [4.69, 9.17) is 11.6 Å². The maximum Gasteiger partial charge on any atom is 0.255 e. The number of carbonyl (C=O) groups excluding carboxylic acids is 1. The standard InChI is InChI=1S/C15H18ClN3OS/c1-3-17-14-13(16)9-11(10-18-14)15(20)19(2)7-6-12-5-4-8-21-12/h4-5,8-10H,3,6-7H2,1-2H3,(H,17,18). The Morgan fingerprint density at radius 2 is 2.33 bits per heavy atom. The van der Waals surface area contributed by atoms with E-state index in [0.717, 1.165) is 13.0 Å². The van der Waals surface area contributed by atoms with Crippen LogP contribution in [-0.4, -0.2) is 35.9 Å². The van der Waals surface area contributed by atoms with Crippen LogP contribution >= 0.6 is 22.9 Å². The van der Waals surface area contributed by atoms with Gasteiger partial charge in [-0.2, -0.15) is 0 Å². The maximum atomic E-state index is 12.3. The lowest BCUT2D eigenvalue weighted by molar-refractivity contribution is 0.0796. The highest BCUT2D eigenvalue weighted by molar-refractivity contribution is 7.09. The number of likely N-dealkylation sites (N-methyl/N-ethyl adjacent to an activating group) is 1. The second kappa shape index (κ2) is 7.43. The third-order valence-electron chi connectivity index (χ3n) is 3.05. The molecule has 0 atom stereocenters. The van der Waals surface area contributed by atoms with E-state index in [-0.39, 0.29) is 5.91 Å². The first-order chi connectivity index (χ1) is 10.1. The van der Waals surface area contributed by atoms with E-state index in [2.05, 4.69) is 16.4 Å². The molecule has 0 unspecified atom stereocenters. The van der Waals surface area contributed by atoms with Crippen LogP contribution in [0.2, 0.25) is 5.02 Å². The number of rotatable bonds is 6. The number of halogens is 1. The fraction of sp³-hybridized carbons (Fsp3) is 0.333. The third kappa shape index (κ3) is 4.19. The third-order valence-corrected chi connectivity index (χ3v) is 4.28. The topological polar surface area (TPSA) is 45.2 Å². The van der Waals surface area contributed by atoms with Crippen molar-refractivity contribution in [1.82, 2.24) is 9.88 Å². The number of amides is 1. The minimum atomic E-state index is -0.0657. The Morgan fingerprint density at radius 3 is 2.95 bits per heavy atom. The maximum absolute atomic E-state index is 12.3. The summed E-state index contributed by atoms with van der Waals surface area (Å²) in [5, 5.41) is 5.56. The zero-order chi connectivity index (χ0) is 15.2. The number of nitrogens with one attached hydrogen (secondary N) is 1. The van der Waals surface area contributed by atoms with Crippen LogP contribution in [-0.2, 0) is 6.42 Å². The Morgan fingerprint density at radius 1 is 1.52 bits per heavy atom. The van der Waals surface area contributed by atoms with Crippen molar-refractivity contribution in [3.8, 4) is 0 Å². The number of thiophene rings is 1. The molecule has 0 spiro atoms. The molecule has 1 amide bonds. The van der Waals surface area contributed by atoms with E-state index in [1.807, 2.05) is 18.4 Å². The summed E-state index contributed by atoms with van der Waals surface area (Å²) in [6, 6.07) is 5.76. The van der Waals surface area contributed by atoms with Crippen LogP contribution in [0.3, 0.4) is 0 Å². The monoisotopic (exact) mass is 323 g/mol. The van der Waals surface area contributed by atoms with Gasteiger partial charge < -0.3 is 10.2 Å². The summed E-state index contributed by atoms with van der Waals surface area (Å²) in [7, 11) is 1.79. The van der Waals surface area contributed by atoms with Crippen LogP contribution in [0.15, 0.2) is 29.8 Å². The molecule has 0 aliphatic rings. The van der Waals surface area contributed by atoms with E-state index < -0.39 is 0 Å². The van der Waals surface area contributed by atoms with Gasteiger partial charge in [-0.25, -0.2) is 4.98 Å². The molecule has 0 aliphatic carbocycles. The van der Waals surface area contributed by atoms with Crippen molar-refractivity contribution < 1.29 is 4.79 Å². The normalized spacial score (nSPS) is 10.4. The molecular weight excluding hydrogens is 306 g/mol. The molecule has 0 fully saturated rings. The number of anilines is 1. The minimum Gasteiger partial charge on any atom is -0.369 e. The second-order valence-corrected chi connectivity index (χ2v) is 6.08. The fourth-order valence-electron chi connectivity index (χ4n) is 1.91. The van der Waals surface area contributed by atoms with Crippen molar-refractivity contribution in [1.29, 1.82) is 0 Å². The Hall–Kier alpha value is -1.59. The smallest absolute Gasteiger partial charge is 0.255 e. The zero-order valence-electron chi connectivity index (χ0n) is 12.1. The van der Waals surface area contributed by atoms with Gasteiger partial charge in [0.25, 0.3) is 5.91 Å². The van der Waals surface area contributed by atoms with Gasteiger partial charge in [-0.1, -0.05) is 17.7 Å². The molecule has 0 aromatic carbocycles. The zero-order valence-corrected chi connectivity index (χ0v) is 13.7. The molecule has 2 rings (SSSR count). The van der Waals surface area contributed by atoms with Crippen molar-refractivity contribution in [3.63, 3.8) is 0 Å². The number of aromatic nitrogens is 1. The molecule has 6 heteroatoms. The first kappa shape index (κ1) is 15.8. The van der Waals surface area contributed by atoms with Crippen LogP contribution < -0.4 is 5.32 Å². The van der Waals surface area contributed by atoms with Gasteiger partial charge in [-0.05, 0) is 30.9 Å². The summed E-state index contributed by atoms with van der Waals surface area (Å²) < 4.78 is 0. The van der Waals surface area contributed by atoms with Crippen LogP contribution in [0.1, 0.15) is 22.2 Å². The predicted octanol–water partition coefficient (Wildman–Crippen LogP) is 3.54. The molecule has 0 saturated carbocycles. The Kier molecular flexibility index (Phi) is 5.59. The number of pyridine rings is 1.